The fourth-order valence-electron chi connectivity index (χ4n) is 5.96. The van der Waals surface area contributed by atoms with Crippen LogP contribution in [0.2, 0.25) is 0 Å². The van der Waals surface area contributed by atoms with Crippen LogP contribution in [0, 0.1) is 0 Å². The maximum atomic E-state index is 13.6. The molecule has 4 rings (SSSR count). The first-order valence-corrected chi connectivity index (χ1v) is 14.2. The third-order valence-corrected chi connectivity index (χ3v) is 8.31. The van der Waals surface area contributed by atoms with Crippen molar-refractivity contribution in [2.45, 2.75) is 83.7 Å². The van der Waals surface area contributed by atoms with E-state index in [0.29, 0.717) is 28.8 Å². The summed E-state index contributed by atoms with van der Waals surface area (Å²) in [7, 11) is 2.08. The smallest absolute Gasteiger partial charge is 0.323 e. The summed E-state index contributed by atoms with van der Waals surface area (Å²) in [5, 5.41) is 12.8. The highest BCUT2D eigenvalue weighted by atomic mass is 16.4. The SMILES string of the molecule is CCc1cc2cc(C(=O)N(CC(=O)O)C(C)C)ccn2c1C(=O)c1ccc(CCCC2(NC)CCCC2)cc1. The van der Waals surface area contributed by atoms with E-state index in [-0.39, 0.29) is 24.3 Å². The molecule has 0 atom stereocenters. The molecule has 0 radical (unpaired) electrons. The van der Waals surface area contributed by atoms with Crippen LogP contribution in [0.5, 0.6) is 0 Å². The fraction of sp³-hybridized carbons (Fsp3) is 0.469. The summed E-state index contributed by atoms with van der Waals surface area (Å²) in [6.45, 7) is 5.24. The molecule has 1 amide bonds. The minimum Gasteiger partial charge on any atom is -0.480 e. The van der Waals surface area contributed by atoms with Crippen LogP contribution in [0.25, 0.3) is 5.52 Å². The van der Waals surface area contributed by atoms with Gasteiger partial charge in [0.25, 0.3) is 5.91 Å². The monoisotopic (exact) mass is 531 g/mol. The zero-order valence-corrected chi connectivity index (χ0v) is 23.6. The van der Waals surface area contributed by atoms with Crippen LogP contribution < -0.4 is 5.32 Å². The van der Waals surface area contributed by atoms with E-state index in [0.717, 1.165) is 23.9 Å². The largest absolute Gasteiger partial charge is 0.480 e. The zero-order valence-electron chi connectivity index (χ0n) is 23.6. The standard InChI is InChI=1S/C32H41N3O4/c1-5-24-19-27-20-26(31(39)35(22(2)3)21-28(36)37)14-18-34(27)29(24)30(38)25-12-10-23(11-13-25)9-8-17-32(33-4)15-6-7-16-32/h10-14,18-20,22,33H,5-9,15-17,21H2,1-4H3,(H,36,37). The van der Waals surface area contributed by atoms with E-state index in [4.69, 9.17) is 0 Å². The van der Waals surface area contributed by atoms with Crippen molar-refractivity contribution in [3.63, 3.8) is 0 Å². The number of fused-ring (bicyclic) bond motifs is 1. The normalized spacial score (nSPS) is 14.7. The van der Waals surface area contributed by atoms with E-state index in [9.17, 15) is 19.5 Å². The number of carbonyl (C=O) groups is 3. The molecule has 7 nitrogen and oxygen atoms in total. The van der Waals surface area contributed by atoms with Crippen molar-refractivity contribution in [2.75, 3.05) is 13.6 Å². The molecule has 39 heavy (non-hydrogen) atoms. The third kappa shape index (κ3) is 6.25. The van der Waals surface area contributed by atoms with Crippen molar-refractivity contribution in [1.29, 1.82) is 0 Å². The number of carbonyl (C=O) groups excluding carboxylic acids is 2. The van der Waals surface area contributed by atoms with Crippen molar-refractivity contribution < 1.29 is 19.5 Å². The number of carboxylic acids is 1. The fourth-order valence-corrected chi connectivity index (χ4v) is 5.96. The Balaban J connectivity index is 1.52. The van der Waals surface area contributed by atoms with E-state index in [1.165, 1.54) is 42.6 Å². The molecule has 1 aromatic carbocycles. The molecule has 1 aliphatic carbocycles. The molecule has 0 bridgehead atoms. The third-order valence-electron chi connectivity index (χ3n) is 8.31. The maximum absolute atomic E-state index is 13.6. The summed E-state index contributed by atoms with van der Waals surface area (Å²) in [5.74, 6) is -1.44. The number of aliphatic carboxylic acids is 1. The lowest BCUT2D eigenvalue weighted by Gasteiger charge is -2.28. The number of hydrogen-bond acceptors (Lipinski definition) is 4. The van der Waals surface area contributed by atoms with E-state index < -0.39 is 5.97 Å². The number of hydrogen-bond donors (Lipinski definition) is 2. The number of aromatic nitrogens is 1. The van der Waals surface area contributed by atoms with Gasteiger partial charge in [-0.05, 0) is 88.7 Å². The number of nitrogens with zero attached hydrogens (tertiary/aromatic N) is 2. The van der Waals surface area contributed by atoms with E-state index in [2.05, 4.69) is 24.5 Å². The molecule has 1 saturated carbocycles. The van der Waals surface area contributed by atoms with Gasteiger partial charge >= 0.3 is 5.97 Å². The highest BCUT2D eigenvalue weighted by Gasteiger charge is 2.31. The number of pyridine rings is 1. The van der Waals surface area contributed by atoms with Crippen molar-refractivity contribution in [2.24, 2.45) is 0 Å². The first-order valence-electron chi connectivity index (χ1n) is 14.2. The Hall–Kier alpha value is -3.45. The first-order chi connectivity index (χ1) is 18.7. The molecule has 208 valence electrons. The number of rotatable bonds is 12. The predicted octanol–water partition coefficient (Wildman–Crippen LogP) is 5.52. The number of aryl methyl sites for hydroxylation is 2. The molecule has 0 aliphatic heterocycles. The van der Waals surface area contributed by atoms with Gasteiger partial charge in [0.05, 0.1) is 5.69 Å². The Bertz CT molecular complexity index is 1330. The Morgan fingerprint density at radius 1 is 1.05 bits per heavy atom. The van der Waals surface area contributed by atoms with Gasteiger partial charge in [-0.2, -0.15) is 0 Å². The van der Waals surface area contributed by atoms with E-state index >= 15 is 0 Å². The molecule has 2 aromatic heterocycles. The van der Waals surface area contributed by atoms with Gasteiger partial charge in [0.15, 0.2) is 0 Å². The van der Waals surface area contributed by atoms with Gasteiger partial charge in [0.1, 0.15) is 6.54 Å². The molecule has 2 heterocycles. The average Bonchev–Trinajstić information content (AvgIpc) is 3.55. The van der Waals surface area contributed by atoms with Crippen LogP contribution >= 0.6 is 0 Å². The van der Waals surface area contributed by atoms with Crippen LogP contribution in [-0.4, -0.2) is 57.2 Å². The van der Waals surface area contributed by atoms with Crippen LogP contribution in [-0.2, 0) is 17.6 Å². The van der Waals surface area contributed by atoms with Crippen LogP contribution in [0.1, 0.15) is 96.8 Å². The number of amides is 1. The molecule has 2 N–H and O–H groups in total. The van der Waals surface area contributed by atoms with Gasteiger partial charge in [0, 0.05) is 34.4 Å². The summed E-state index contributed by atoms with van der Waals surface area (Å²) in [6, 6.07) is 13.1. The van der Waals surface area contributed by atoms with Gasteiger partial charge in [-0.3, -0.25) is 14.4 Å². The van der Waals surface area contributed by atoms with Crippen molar-refractivity contribution in [3.05, 3.63) is 76.6 Å². The summed E-state index contributed by atoms with van der Waals surface area (Å²) in [4.78, 5) is 39.3. The van der Waals surface area contributed by atoms with Gasteiger partial charge in [-0.15, -0.1) is 0 Å². The second-order valence-corrected chi connectivity index (χ2v) is 11.1. The van der Waals surface area contributed by atoms with Crippen molar-refractivity contribution >= 4 is 23.2 Å². The lowest BCUT2D eigenvalue weighted by atomic mass is 9.90. The summed E-state index contributed by atoms with van der Waals surface area (Å²) in [6.07, 6.45) is 10.9. The Kier molecular flexibility index (Phi) is 8.90. The number of nitrogens with one attached hydrogen (secondary N) is 1. The minimum absolute atomic E-state index is 0.0488. The van der Waals surface area contributed by atoms with Crippen molar-refractivity contribution in [3.8, 4) is 0 Å². The number of ketones is 1. The summed E-state index contributed by atoms with van der Waals surface area (Å²) in [5.41, 5.74) is 4.84. The predicted molar refractivity (Wildman–Crippen MR) is 154 cm³/mol. The highest BCUT2D eigenvalue weighted by Crippen LogP contribution is 2.33. The molecule has 0 saturated heterocycles. The molecule has 1 aliphatic rings. The molecule has 0 unspecified atom stereocenters. The lowest BCUT2D eigenvalue weighted by molar-refractivity contribution is -0.138. The number of carboxylic acid groups (broad SMARTS) is 1. The maximum Gasteiger partial charge on any atom is 0.323 e. The second-order valence-electron chi connectivity index (χ2n) is 11.1. The lowest BCUT2D eigenvalue weighted by Crippen LogP contribution is -2.40. The molecule has 1 fully saturated rings. The summed E-state index contributed by atoms with van der Waals surface area (Å²) < 4.78 is 1.83. The summed E-state index contributed by atoms with van der Waals surface area (Å²) >= 11 is 0. The molecule has 0 spiro atoms. The minimum atomic E-state index is -1.05. The Morgan fingerprint density at radius 2 is 1.74 bits per heavy atom. The van der Waals surface area contributed by atoms with Crippen LogP contribution in [0.3, 0.4) is 0 Å². The quantitative estimate of drug-likeness (QED) is 0.300. The van der Waals surface area contributed by atoms with Crippen LogP contribution in [0.15, 0.2) is 48.7 Å². The van der Waals surface area contributed by atoms with Gasteiger partial charge in [0.2, 0.25) is 5.78 Å². The molecular weight excluding hydrogens is 490 g/mol. The van der Waals surface area contributed by atoms with E-state index in [1.54, 1.807) is 32.2 Å². The Morgan fingerprint density at radius 3 is 2.33 bits per heavy atom. The molecule has 7 heteroatoms. The average molecular weight is 532 g/mol. The molecule has 3 aromatic rings. The van der Waals surface area contributed by atoms with E-state index in [1.807, 2.05) is 29.5 Å². The molecular formula is C32H41N3O4. The first kappa shape index (κ1) is 28.6. The second kappa shape index (κ2) is 12.2. The van der Waals surface area contributed by atoms with Gasteiger partial charge in [-0.25, -0.2) is 0 Å². The Labute approximate surface area is 231 Å². The zero-order chi connectivity index (χ0) is 28.2. The topological polar surface area (TPSA) is 91.1 Å². The number of benzene rings is 1. The van der Waals surface area contributed by atoms with Gasteiger partial charge < -0.3 is 19.7 Å². The highest BCUT2D eigenvalue weighted by molar-refractivity contribution is 6.10. The van der Waals surface area contributed by atoms with Crippen molar-refractivity contribution in [1.82, 2.24) is 14.6 Å². The van der Waals surface area contributed by atoms with Crippen LogP contribution in [0.4, 0.5) is 0 Å². The van der Waals surface area contributed by atoms with Gasteiger partial charge in [-0.1, -0.05) is 44.0 Å².